The maximum Gasteiger partial charge on any atom is 0.223 e. The first kappa shape index (κ1) is 22.0. The van der Waals surface area contributed by atoms with Crippen LogP contribution in [0.25, 0.3) is 11.3 Å². The minimum atomic E-state index is 0. The highest BCUT2D eigenvalue weighted by Crippen LogP contribution is 2.29. The molecule has 0 spiro atoms. The normalized spacial score (nSPS) is 21.1. The van der Waals surface area contributed by atoms with Crippen molar-refractivity contribution < 1.29 is 9.21 Å². The molecule has 2 aliphatic heterocycles. The zero-order valence-corrected chi connectivity index (χ0v) is 17.3. The van der Waals surface area contributed by atoms with Crippen molar-refractivity contribution >= 4 is 42.3 Å². The van der Waals surface area contributed by atoms with E-state index in [1.807, 2.05) is 24.3 Å². The third-order valence-corrected chi connectivity index (χ3v) is 5.43. The number of aryl methyl sites for hydroxylation is 1. The van der Waals surface area contributed by atoms with E-state index in [4.69, 9.17) is 16.0 Å². The van der Waals surface area contributed by atoms with Crippen molar-refractivity contribution in [1.29, 1.82) is 0 Å². The molecule has 2 atom stereocenters. The molecule has 2 bridgehead atoms. The van der Waals surface area contributed by atoms with Gasteiger partial charge >= 0.3 is 0 Å². The Hall–Kier alpha value is -1.27. The molecule has 1 amide bonds. The lowest BCUT2D eigenvalue weighted by molar-refractivity contribution is -0.133. The molecule has 1 N–H and O–H groups in total. The van der Waals surface area contributed by atoms with Gasteiger partial charge in [0.1, 0.15) is 0 Å². The molecule has 148 valence electrons. The Morgan fingerprint density at radius 3 is 2.70 bits per heavy atom. The molecular formula is C19H24Cl3N3O2. The molecule has 2 saturated heterocycles. The molecule has 2 fully saturated rings. The zero-order valence-electron chi connectivity index (χ0n) is 14.9. The van der Waals surface area contributed by atoms with Crippen molar-refractivity contribution in [2.24, 2.45) is 0 Å². The summed E-state index contributed by atoms with van der Waals surface area (Å²) in [5.74, 6) is 1.54. The van der Waals surface area contributed by atoms with Gasteiger partial charge in [-0.2, -0.15) is 0 Å². The third-order valence-electron chi connectivity index (χ3n) is 5.18. The van der Waals surface area contributed by atoms with Crippen molar-refractivity contribution in [3.8, 4) is 11.3 Å². The van der Waals surface area contributed by atoms with E-state index in [-0.39, 0.29) is 30.7 Å². The number of halogens is 3. The van der Waals surface area contributed by atoms with E-state index in [2.05, 4.69) is 15.2 Å². The van der Waals surface area contributed by atoms with Crippen LogP contribution in [-0.2, 0) is 11.2 Å². The summed E-state index contributed by atoms with van der Waals surface area (Å²) < 4.78 is 5.80. The second kappa shape index (κ2) is 9.78. The lowest BCUT2D eigenvalue weighted by Gasteiger charge is -2.27. The van der Waals surface area contributed by atoms with Gasteiger partial charge in [0, 0.05) is 42.1 Å². The summed E-state index contributed by atoms with van der Waals surface area (Å²) in [6.07, 6.45) is 6.01. The molecule has 8 heteroatoms. The molecule has 0 aliphatic carbocycles. The molecule has 1 aromatic heterocycles. The zero-order chi connectivity index (χ0) is 17.2. The number of hydrogen-bond donors (Lipinski definition) is 1. The highest BCUT2D eigenvalue weighted by Gasteiger charge is 2.37. The molecule has 2 unspecified atom stereocenters. The van der Waals surface area contributed by atoms with Crippen LogP contribution < -0.4 is 5.32 Å². The Labute approximate surface area is 176 Å². The third kappa shape index (κ3) is 4.96. The molecule has 3 heterocycles. The Morgan fingerprint density at radius 1 is 1.19 bits per heavy atom. The quantitative estimate of drug-likeness (QED) is 0.789. The number of nitrogens with zero attached hydrogens (tertiary/aromatic N) is 2. The SMILES string of the molecule is Cl.Cl.O=C(CCc1ncc(-c2ccc(Cl)cc2)o1)N1C2CCNCC1CC2. The van der Waals surface area contributed by atoms with Gasteiger partial charge in [0.2, 0.25) is 5.91 Å². The lowest BCUT2D eigenvalue weighted by atomic mass is 10.1. The lowest BCUT2D eigenvalue weighted by Crippen LogP contribution is -2.42. The molecule has 1 aromatic carbocycles. The van der Waals surface area contributed by atoms with Crippen LogP contribution in [0, 0.1) is 0 Å². The van der Waals surface area contributed by atoms with Crippen LogP contribution >= 0.6 is 36.4 Å². The highest BCUT2D eigenvalue weighted by atomic mass is 35.5. The molecule has 27 heavy (non-hydrogen) atoms. The summed E-state index contributed by atoms with van der Waals surface area (Å²) in [7, 11) is 0. The van der Waals surface area contributed by atoms with E-state index in [1.54, 1.807) is 6.20 Å². The first-order valence-corrected chi connectivity index (χ1v) is 9.31. The Bertz CT molecular complexity index is 737. The summed E-state index contributed by atoms with van der Waals surface area (Å²) >= 11 is 5.91. The van der Waals surface area contributed by atoms with E-state index in [0.29, 0.717) is 41.6 Å². The average Bonchev–Trinajstić information content (AvgIpc) is 3.17. The fourth-order valence-corrected chi connectivity index (χ4v) is 4.03. The fraction of sp³-hybridized carbons (Fsp3) is 0.474. The molecule has 4 rings (SSSR count). The second-order valence-electron chi connectivity index (χ2n) is 6.80. The van der Waals surface area contributed by atoms with Crippen molar-refractivity contribution in [3.63, 3.8) is 0 Å². The number of fused-ring (bicyclic) bond motifs is 2. The van der Waals surface area contributed by atoms with Crippen molar-refractivity contribution in [2.75, 3.05) is 13.1 Å². The van der Waals surface area contributed by atoms with Gasteiger partial charge in [-0.3, -0.25) is 4.79 Å². The molecular weight excluding hydrogens is 409 g/mol. The summed E-state index contributed by atoms with van der Waals surface area (Å²) in [4.78, 5) is 19.1. The van der Waals surface area contributed by atoms with E-state index >= 15 is 0 Å². The smallest absolute Gasteiger partial charge is 0.223 e. The number of carbonyl (C=O) groups excluding carboxylic acids is 1. The van der Waals surface area contributed by atoms with Crippen LogP contribution in [0.1, 0.15) is 31.6 Å². The summed E-state index contributed by atoms with van der Waals surface area (Å²) in [5, 5.41) is 4.12. The summed E-state index contributed by atoms with van der Waals surface area (Å²) in [6.45, 7) is 1.93. The van der Waals surface area contributed by atoms with E-state index in [0.717, 1.165) is 37.9 Å². The monoisotopic (exact) mass is 431 g/mol. The summed E-state index contributed by atoms with van der Waals surface area (Å²) in [5.41, 5.74) is 0.936. The second-order valence-corrected chi connectivity index (χ2v) is 7.24. The Balaban J connectivity index is 0.00000131. The van der Waals surface area contributed by atoms with Gasteiger partial charge in [0.15, 0.2) is 11.7 Å². The van der Waals surface area contributed by atoms with Gasteiger partial charge < -0.3 is 14.6 Å². The molecule has 2 aliphatic rings. The Morgan fingerprint density at radius 2 is 1.93 bits per heavy atom. The first-order chi connectivity index (χ1) is 12.2. The van der Waals surface area contributed by atoms with Gasteiger partial charge in [-0.25, -0.2) is 4.98 Å². The number of benzene rings is 1. The van der Waals surface area contributed by atoms with Crippen LogP contribution in [0.4, 0.5) is 0 Å². The minimum Gasteiger partial charge on any atom is -0.441 e. The fourth-order valence-electron chi connectivity index (χ4n) is 3.91. The average molecular weight is 433 g/mol. The van der Waals surface area contributed by atoms with Gasteiger partial charge in [-0.05, 0) is 50.1 Å². The predicted octanol–water partition coefficient (Wildman–Crippen LogP) is 4.12. The van der Waals surface area contributed by atoms with E-state index in [9.17, 15) is 4.79 Å². The topological polar surface area (TPSA) is 58.4 Å². The standard InChI is InChI=1S/C19H22ClN3O2.2ClH/c20-14-3-1-13(2-4-14)17-12-22-18(25-17)7-8-19(24)23-15-5-6-16(23)11-21-10-9-15;;/h1-4,12,15-16,21H,5-11H2;2*1H. The Kier molecular flexibility index (Phi) is 7.98. The van der Waals surface area contributed by atoms with Gasteiger partial charge in [0.25, 0.3) is 0 Å². The van der Waals surface area contributed by atoms with Gasteiger partial charge in [-0.15, -0.1) is 24.8 Å². The van der Waals surface area contributed by atoms with Crippen molar-refractivity contribution in [3.05, 3.63) is 41.4 Å². The largest absolute Gasteiger partial charge is 0.441 e. The van der Waals surface area contributed by atoms with E-state index in [1.165, 1.54) is 0 Å². The van der Waals surface area contributed by atoms with Crippen LogP contribution in [-0.4, -0.2) is 41.0 Å². The van der Waals surface area contributed by atoms with Crippen LogP contribution in [0.2, 0.25) is 5.02 Å². The maximum absolute atomic E-state index is 12.7. The van der Waals surface area contributed by atoms with Crippen LogP contribution in [0.5, 0.6) is 0 Å². The van der Waals surface area contributed by atoms with Crippen LogP contribution in [0.15, 0.2) is 34.9 Å². The number of amides is 1. The van der Waals surface area contributed by atoms with Gasteiger partial charge in [-0.1, -0.05) is 11.6 Å². The molecule has 2 aromatic rings. The highest BCUT2D eigenvalue weighted by molar-refractivity contribution is 6.30. The number of carbonyl (C=O) groups is 1. The van der Waals surface area contributed by atoms with E-state index < -0.39 is 0 Å². The number of rotatable bonds is 4. The molecule has 0 saturated carbocycles. The number of nitrogens with one attached hydrogen (secondary N) is 1. The minimum absolute atomic E-state index is 0. The van der Waals surface area contributed by atoms with Crippen LogP contribution in [0.3, 0.4) is 0 Å². The number of oxazole rings is 1. The number of aromatic nitrogens is 1. The van der Waals surface area contributed by atoms with Crippen molar-refractivity contribution in [1.82, 2.24) is 15.2 Å². The maximum atomic E-state index is 12.7. The summed E-state index contributed by atoms with van der Waals surface area (Å²) in [6, 6.07) is 8.22. The van der Waals surface area contributed by atoms with Crippen molar-refractivity contribution in [2.45, 2.75) is 44.2 Å². The first-order valence-electron chi connectivity index (χ1n) is 8.93. The number of hydrogen-bond acceptors (Lipinski definition) is 4. The molecule has 5 nitrogen and oxygen atoms in total. The van der Waals surface area contributed by atoms with Gasteiger partial charge in [0.05, 0.1) is 6.20 Å². The molecule has 0 radical (unpaired) electrons. The predicted molar refractivity (Wildman–Crippen MR) is 111 cm³/mol.